The van der Waals surface area contributed by atoms with Gasteiger partial charge in [0.1, 0.15) is 0 Å². The first-order valence-electron chi connectivity index (χ1n) is 9.05. The third kappa shape index (κ3) is 2.79. The summed E-state index contributed by atoms with van der Waals surface area (Å²) in [6, 6.07) is 16.6. The molecule has 26 heavy (non-hydrogen) atoms. The molecule has 1 amide bonds. The lowest BCUT2D eigenvalue weighted by atomic mass is 10.0. The van der Waals surface area contributed by atoms with E-state index in [4.69, 9.17) is 0 Å². The number of amides is 1. The van der Waals surface area contributed by atoms with Crippen LogP contribution in [-0.2, 0) is 0 Å². The van der Waals surface area contributed by atoms with Crippen LogP contribution in [0.15, 0.2) is 59.4 Å². The van der Waals surface area contributed by atoms with Gasteiger partial charge >= 0.3 is 0 Å². The molecule has 0 unspecified atom stereocenters. The van der Waals surface area contributed by atoms with Crippen LogP contribution in [0.3, 0.4) is 0 Å². The smallest absolute Gasteiger partial charge is 0.279 e. The quantitative estimate of drug-likeness (QED) is 0.714. The first-order chi connectivity index (χ1) is 12.7. The number of nitrogens with zero attached hydrogens (tertiary/aromatic N) is 3. The predicted octanol–water partition coefficient (Wildman–Crippen LogP) is 3.40. The van der Waals surface area contributed by atoms with Crippen molar-refractivity contribution in [3.05, 3.63) is 70.6 Å². The summed E-state index contributed by atoms with van der Waals surface area (Å²) < 4.78 is 1.34. The highest BCUT2D eigenvalue weighted by molar-refractivity contribution is 6.05. The molecule has 0 saturated carbocycles. The van der Waals surface area contributed by atoms with E-state index in [-0.39, 0.29) is 17.5 Å². The van der Waals surface area contributed by atoms with Gasteiger partial charge in [0.15, 0.2) is 5.69 Å². The molecule has 132 valence electrons. The summed E-state index contributed by atoms with van der Waals surface area (Å²) >= 11 is 0. The first-order valence-corrected chi connectivity index (χ1v) is 9.05. The van der Waals surface area contributed by atoms with Gasteiger partial charge in [-0.2, -0.15) is 9.78 Å². The van der Waals surface area contributed by atoms with Crippen LogP contribution in [0.1, 0.15) is 36.7 Å². The number of para-hydroxylation sites is 1. The average Bonchev–Trinajstić information content (AvgIpc) is 2.69. The molecule has 4 rings (SSSR count). The van der Waals surface area contributed by atoms with E-state index in [1.807, 2.05) is 47.4 Å². The van der Waals surface area contributed by atoms with Crippen molar-refractivity contribution in [2.24, 2.45) is 0 Å². The standard InChI is InChI=1S/C21H21N3O2/c1-15-9-7-8-14-23(15)21(26)19-17-12-5-6-13-18(17)20(25)24(22-19)16-10-3-2-4-11-16/h2-6,10-13,15H,7-9,14H2,1H3/t15-/m1/s1. The van der Waals surface area contributed by atoms with Gasteiger partial charge in [-0.15, -0.1) is 0 Å². The lowest BCUT2D eigenvalue weighted by molar-refractivity contribution is 0.0630. The molecule has 1 aromatic heterocycles. The van der Waals surface area contributed by atoms with Gasteiger partial charge in [0.05, 0.1) is 11.1 Å². The van der Waals surface area contributed by atoms with Gasteiger partial charge in [0.25, 0.3) is 11.5 Å². The highest BCUT2D eigenvalue weighted by Crippen LogP contribution is 2.22. The molecule has 1 fully saturated rings. The van der Waals surface area contributed by atoms with Gasteiger partial charge in [0.2, 0.25) is 0 Å². The first kappa shape index (κ1) is 16.5. The summed E-state index contributed by atoms with van der Waals surface area (Å²) in [5.74, 6) is -0.0990. The predicted molar refractivity (Wildman–Crippen MR) is 102 cm³/mol. The van der Waals surface area contributed by atoms with Crippen molar-refractivity contribution in [3.8, 4) is 5.69 Å². The number of carbonyl (C=O) groups excluding carboxylic acids is 1. The maximum absolute atomic E-state index is 13.3. The molecular formula is C21H21N3O2. The highest BCUT2D eigenvalue weighted by atomic mass is 16.2. The molecule has 1 aliphatic rings. The van der Waals surface area contributed by atoms with Gasteiger partial charge in [-0.3, -0.25) is 9.59 Å². The van der Waals surface area contributed by atoms with Crippen molar-refractivity contribution < 1.29 is 4.79 Å². The number of likely N-dealkylation sites (tertiary alicyclic amines) is 1. The van der Waals surface area contributed by atoms with Crippen molar-refractivity contribution >= 4 is 16.7 Å². The number of hydrogen-bond acceptors (Lipinski definition) is 3. The van der Waals surface area contributed by atoms with Gasteiger partial charge in [-0.25, -0.2) is 0 Å². The molecule has 0 radical (unpaired) electrons. The monoisotopic (exact) mass is 347 g/mol. The Morgan fingerprint density at radius 1 is 1.00 bits per heavy atom. The van der Waals surface area contributed by atoms with E-state index < -0.39 is 0 Å². The van der Waals surface area contributed by atoms with Crippen molar-refractivity contribution in [1.82, 2.24) is 14.7 Å². The van der Waals surface area contributed by atoms with E-state index in [1.165, 1.54) is 4.68 Å². The molecule has 2 heterocycles. The summed E-state index contributed by atoms with van der Waals surface area (Å²) in [6.45, 7) is 2.81. The van der Waals surface area contributed by atoms with Crippen LogP contribution in [0, 0.1) is 0 Å². The fourth-order valence-electron chi connectivity index (χ4n) is 3.63. The van der Waals surface area contributed by atoms with Gasteiger partial charge < -0.3 is 4.90 Å². The van der Waals surface area contributed by atoms with Crippen LogP contribution >= 0.6 is 0 Å². The molecule has 1 saturated heterocycles. The van der Waals surface area contributed by atoms with E-state index in [0.29, 0.717) is 22.2 Å². The maximum atomic E-state index is 13.3. The van der Waals surface area contributed by atoms with E-state index in [1.54, 1.807) is 12.1 Å². The minimum Gasteiger partial charge on any atom is -0.335 e. The lowest BCUT2D eigenvalue weighted by Gasteiger charge is -2.33. The molecule has 2 aromatic carbocycles. The average molecular weight is 347 g/mol. The van der Waals surface area contributed by atoms with Crippen molar-refractivity contribution in [2.75, 3.05) is 6.54 Å². The van der Waals surface area contributed by atoms with Crippen LogP contribution in [0.4, 0.5) is 0 Å². The Hall–Kier alpha value is -2.95. The minimum absolute atomic E-state index is 0.0990. The lowest BCUT2D eigenvalue weighted by Crippen LogP contribution is -2.43. The number of hydrogen-bond donors (Lipinski definition) is 0. The second-order valence-corrected chi connectivity index (χ2v) is 6.79. The molecule has 1 aliphatic heterocycles. The molecule has 5 nitrogen and oxygen atoms in total. The zero-order valence-electron chi connectivity index (χ0n) is 14.8. The van der Waals surface area contributed by atoms with Crippen LogP contribution < -0.4 is 5.56 Å². The largest absolute Gasteiger partial charge is 0.335 e. The van der Waals surface area contributed by atoms with E-state index in [0.717, 1.165) is 25.8 Å². The van der Waals surface area contributed by atoms with E-state index in [9.17, 15) is 9.59 Å². The Labute approximate surface area is 151 Å². The summed E-state index contributed by atoms with van der Waals surface area (Å²) in [5.41, 5.74) is 0.789. The molecule has 0 N–H and O–H groups in total. The van der Waals surface area contributed by atoms with Gasteiger partial charge in [0, 0.05) is 18.0 Å². The summed E-state index contributed by atoms with van der Waals surface area (Å²) in [4.78, 5) is 28.1. The minimum atomic E-state index is -0.213. The number of benzene rings is 2. The summed E-state index contributed by atoms with van der Waals surface area (Å²) in [6.07, 6.45) is 3.15. The molecule has 1 atom stereocenters. The Balaban J connectivity index is 1.92. The number of rotatable bonds is 2. The molecule has 0 aliphatic carbocycles. The van der Waals surface area contributed by atoms with E-state index >= 15 is 0 Å². The Morgan fingerprint density at radius 3 is 2.42 bits per heavy atom. The number of fused-ring (bicyclic) bond motifs is 1. The van der Waals surface area contributed by atoms with Crippen LogP contribution in [-0.4, -0.2) is 33.2 Å². The number of aromatic nitrogens is 2. The Morgan fingerprint density at radius 2 is 1.69 bits per heavy atom. The Kier molecular flexibility index (Phi) is 4.29. The third-order valence-electron chi connectivity index (χ3n) is 5.07. The molecule has 0 bridgehead atoms. The highest BCUT2D eigenvalue weighted by Gasteiger charge is 2.27. The van der Waals surface area contributed by atoms with Crippen LogP contribution in [0.2, 0.25) is 0 Å². The van der Waals surface area contributed by atoms with Crippen molar-refractivity contribution in [3.63, 3.8) is 0 Å². The fourth-order valence-corrected chi connectivity index (χ4v) is 3.63. The SMILES string of the molecule is C[C@@H]1CCCCN1C(=O)c1nn(-c2ccccc2)c(=O)c2ccccc12. The topological polar surface area (TPSA) is 55.2 Å². The number of piperidine rings is 1. The van der Waals surface area contributed by atoms with Gasteiger partial charge in [-0.05, 0) is 44.4 Å². The molecule has 0 spiro atoms. The normalized spacial score (nSPS) is 17.4. The Bertz CT molecular complexity index is 1010. The maximum Gasteiger partial charge on any atom is 0.279 e. The third-order valence-corrected chi connectivity index (χ3v) is 5.07. The second kappa shape index (κ2) is 6.75. The van der Waals surface area contributed by atoms with Gasteiger partial charge in [-0.1, -0.05) is 36.4 Å². The van der Waals surface area contributed by atoms with Crippen molar-refractivity contribution in [2.45, 2.75) is 32.2 Å². The van der Waals surface area contributed by atoms with E-state index in [2.05, 4.69) is 12.0 Å². The molecular weight excluding hydrogens is 326 g/mol. The summed E-state index contributed by atoms with van der Waals surface area (Å²) in [5, 5.41) is 5.62. The van der Waals surface area contributed by atoms with Crippen molar-refractivity contribution in [1.29, 1.82) is 0 Å². The molecule has 5 heteroatoms. The zero-order chi connectivity index (χ0) is 18.1. The summed E-state index contributed by atoms with van der Waals surface area (Å²) in [7, 11) is 0. The second-order valence-electron chi connectivity index (χ2n) is 6.79. The number of carbonyl (C=O) groups is 1. The fraction of sp³-hybridized carbons (Fsp3) is 0.286. The molecule has 3 aromatic rings. The van der Waals surface area contributed by atoms with Crippen LogP contribution in [0.5, 0.6) is 0 Å². The zero-order valence-corrected chi connectivity index (χ0v) is 14.8. The van der Waals surface area contributed by atoms with Crippen LogP contribution in [0.25, 0.3) is 16.5 Å².